The molecule has 0 bridgehead atoms. The summed E-state index contributed by atoms with van der Waals surface area (Å²) in [5.74, 6) is -10.3. The van der Waals surface area contributed by atoms with E-state index in [-0.39, 0.29) is 11.1 Å². The molecular weight excluding hydrogens is 600 g/mol. The first-order chi connectivity index (χ1) is 21.5. The van der Waals surface area contributed by atoms with Crippen molar-refractivity contribution in [1.82, 2.24) is 0 Å². The number of aryl methyl sites for hydroxylation is 1. The second-order valence-corrected chi connectivity index (χ2v) is 10.5. The van der Waals surface area contributed by atoms with Gasteiger partial charge in [-0.25, -0.2) is 26.3 Å². The molecule has 0 heterocycles. The van der Waals surface area contributed by atoms with Crippen molar-refractivity contribution in [2.75, 3.05) is 0 Å². The number of hydrogen-bond donors (Lipinski definition) is 0. The number of alkyl halides is 2. The molecule has 0 atom stereocenters. The summed E-state index contributed by atoms with van der Waals surface area (Å²) in [5, 5.41) is 0. The fraction of sp³-hybridized carbons (Fsp3) is 0.167. The normalized spacial score (nSPS) is 11.6. The fourth-order valence-electron chi connectivity index (χ4n) is 4.99. The van der Waals surface area contributed by atoms with Gasteiger partial charge in [-0.05, 0) is 71.0 Å². The number of unbranched alkanes of at least 4 members (excludes halogenated alkanes) is 2. The standard InChI is InChI=1S/C36H26F8O/c1-2-3-4-5-21-6-8-22(9-7-21)23-10-12-24(13-11-23)28-16-17-29(34(41)33(28)40)36(43,44)45-26-14-15-27(30(37)20-26)25-18-31(38)35(42)32(39)19-25/h6-20H,2-5H2,1H3. The van der Waals surface area contributed by atoms with Crippen molar-refractivity contribution in [3.63, 3.8) is 0 Å². The van der Waals surface area contributed by atoms with E-state index in [0.717, 1.165) is 55.0 Å². The largest absolute Gasteiger partial charge is 0.429 e. The molecule has 0 fully saturated rings. The molecule has 45 heavy (non-hydrogen) atoms. The number of halogens is 8. The van der Waals surface area contributed by atoms with Crippen LogP contribution >= 0.6 is 0 Å². The summed E-state index contributed by atoms with van der Waals surface area (Å²) in [6, 6.07) is 19.5. The van der Waals surface area contributed by atoms with Crippen LogP contribution in [0.15, 0.2) is 91.0 Å². The number of benzene rings is 5. The maximum atomic E-state index is 15.1. The van der Waals surface area contributed by atoms with Crippen molar-refractivity contribution < 1.29 is 39.9 Å². The van der Waals surface area contributed by atoms with E-state index < -0.39 is 63.5 Å². The van der Waals surface area contributed by atoms with E-state index in [4.69, 9.17) is 0 Å². The Labute approximate surface area is 254 Å². The van der Waals surface area contributed by atoms with Crippen LogP contribution < -0.4 is 4.74 Å². The van der Waals surface area contributed by atoms with Gasteiger partial charge >= 0.3 is 6.11 Å². The van der Waals surface area contributed by atoms with Crippen LogP contribution in [0.25, 0.3) is 33.4 Å². The molecule has 0 N–H and O–H groups in total. The van der Waals surface area contributed by atoms with E-state index in [2.05, 4.69) is 11.7 Å². The topological polar surface area (TPSA) is 9.23 Å². The molecule has 5 aromatic carbocycles. The van der Waals surface area contributed by atoms with Gasteiger partial charge in [-0.2, -0.15) is 8.78 Å². The molecule has 232 valence electrons. The van der Waals surface area contributed by atoms with Gasteiger partial charge in [0, 0.05) is 17.2 Å². The molecule has 0 saturated carbocycles. The molecule has 0 spiro atoms. The lowest BCUT2D eigenvalue weighted by Crippen LogP contribution is -2.24. The predicted molar refractivity (Wildman–Crippen MR) is 157 cm³/mol. The second kappa shape index (κ2) is 13.1. The summed E-state index contributed by atoms with van der Waals surface area (Å²) >= 11 is 0. The van der Waals surface area contributed by atoms with E-state index in [1.165, 1.54) is 5.56 Å². The summed E-state index contributed by atoms with van der Waals surface area (Å²) in [6.07, 6.45) is -0.0316. The highest BCUT2D eigenvalue weighted by atomic mass is 19.3. The quantitative estimate of drug-likeness (QED) is 0.0852. The molecular formula is C36H26F8O. The van der Waals surface area contributed by atoms with Gasteiger partial charge in [0.1, 0.15) is 17.1 Å². The Balaban J connectivity index is 1.33. The van der Waals surface area contributed by atoms with E-state index in [1.807, 2.05) is 24.3 Å². The van der Waals surface area contributed by atoms with Gasteiger partial charge in [0.15, 0.2) is 29.1 Å². The summed E-state index contributed by atoms with van der Waals surface area (Å²) in [7, 11) is 0. The van der Waals surface area contributed by atoms with Crippen LogP contribution in [0.3, 0.4) is 0 Å². The van der Waals surface area contributed by atoms with Crippen LogP contribution in [0.2, 0.25) is 0 Å². The van der Waals surface area contributed by atoms with Crippen molar-refractivity contribution in [3.8, 4) is 39.1 Å². The van der Waals surface area contributed by atoms with Gasteiger partial charge in [0.2, 0.25) is 0 Å². The SMILES string of the molecule is CCCCCc1ccc(-c2ccc(-c3ccc(C(F)(F)Oc4ccc(-c5cc(F)c(F)c(F)c5)c(F)c4)c(F)c3F)cc2)cc1. The Morgan fingerprint density at radius 3 is 1.71 bits per heavy atom. The minimum atomic E-state index is -4.43. The Morgan fingerprint density at radius 1 is 0.533 bits per heavy atom. The molecule has 1 nitrogen and oxygen atoms in total. The molecule has 0 aliphatic carbocycles. The van der Waals surface area contributed by atoms with Crippen molar-refractivity contribution in [2.45, 2.75) is 38.7 Å². The smallest absolute Gasteiger partial charge is 0.429 e. The molecule has 0 unspecified atom stereocenters. The van der Waals surface area contributed by atoms with Crippen LogP contribution in [0.5, 0.6) is 5.75 Å². The van der Waals surface area contributed by atoms with E-state index >= 15 is 8.78 Å². The lowest BCUT2D eigenvalue weighted by atomic mass is 9.97. The minimum Gasteiger partial charge on any atom is -0.429 e. The third-order valence-electron chi connectivity index (χ3n) is 7.43. The summed E-state index contributed by atoms with van der Waals surface area (Å²) < 4.78 is 120. The Morgan fingerprint density at radius 2 is 1.11 bits per heavy atom. The average Bonchev–Trinajstić information content (AvgIpc) is 3.01. The summed E-state index contributed by atoms with van der Waals surface area (Å²) in [5.41, 5.74) is 0.747. The molecule has 0 radical (unpaired) electrons. The highest BCUT2D eigenvalue weighted by Gasteiger charge is 2.39. The van der Waals surface area contributed by atoms with Crippen LogP contribution in [0, 0.1) is 34.9 Å². The molecule has 0 saturated heterocycles. The first-order valence-electron chi connectivity index (χ1n) is 14.2. The third-order valence-corrected chi connectivity index (χ3v) is 7.43. The zero-order chi connectivity index (χ0) is 32.3. The maximum absolute atomic E-state index is 15.1. The summed E-state index contributed by atoms with van der Waals surface area (Å²) in [6.45, 7) is 2.15. The van der Waals surface area contributed by atoms with Crippen molar-refractivity contribution in [1.29, 1.82) is 0 Å². The van der Waals surface area contributed by atoms with Gasteiger partial charge in [0.05, 0.1) is 0 Å². The first-order valence-corrected chi connectivity index (χ1v) is 14.2. The van der Waals surface area contributed by atoms with Gasteiger partial charge in [-0.1, -0.05) is 74.4 Å². The van der Waals surface area contributed by atoms with E-state index in [1.54, 1.807) is 24.3 Å². The first kappa shape index (κ1) is 31.8. The monoisotopic (exact) mass is 626 g/mol. The number of ether oxygens (including phenoxy) is 1. The molecule has 0 aromatic heterocycles. The molecule has 0 aliphatic heterocycles. The van der Waals surface area contributed by atoms with Crippen LogP contribution in [0.1, 0.15) is 37.3 Å². The third kappa shape index (κ3) is 6.87. The predicted octanol–water partition coefficient (Wildman–Crippen LogP) is 11.4. The van der Waals surface area contributed by atoms with Gasteiger partial charge in [-0.3, -0.25) is 0 Å². The Kier molecular flexibility index (Phi) is 9.27. The Hall–Kier alpha value is -4.66. The fourth-order valence-corrected chi connectivity index (χ4v) is 4.99. The minimum absolute atomic E-state index is 0.251. The zero-order valence-electron chi connectivity index (χ0n) is 23.9. The molecule has 5 aromatic rings. The van der Waals surface area contributed by atoms with Crippen LogP contribution in [-0.4, -0.2) is 0 Å². The van der Waals surface area contributed by atoms with Crippen molar-refractivity contribution in [3.05, 3.63) is 137 Å². The average molecular weight is 627 g/mol. The highest BCUT2D eigenvalue weighted by molar-refractivity contribution is 5.71. The Bertz CT molecular complexity index is 1790. The zero-order valence-corrected chi connectivity index (χ0v) is 23.9. The van der Waals surface area contributed by atoms with Crippen molar-refractivity contribution >= 4 is 0 Å². The lowest BCUT2D eigenvalue weighted by Gasteiger charge is -2.20. The lowest BCUT2D eigenvalue weighted by molar-refractivity contribution is -0.187. The number of hydrogen-bond acceptors (Lipinski definition) is 1. The molecule has 5 rings (SSSR count). The molecule has 0 amide bonds. The van der Waals surface area contributed by atoms with E-state index in [9.17, 15) is 26.3 Å². The van der Waals surface area contributed by atoms with Gasteiger partial charge in [0.25, 0.3) is 0 Å². The maximum Gasteiger partial charge on any atom is 0.429 e. The van der Waals surface area contributed by atoms with Gasteiger partial charge in [-0.15, -0.1) is 0 Å². The molecule has 0 aliphatic rings. The van der Waals surface area contributed by atoms with Crippen molar-refractivity contribution in [2.24, 2.45) is 0 Å². The van der Waals surface area contributed by atoms with Crippen LogP contribution in [-0.2, 0) is 12.5 Å². The van der Waals surface area contributed by atoms with Crippen LogP contribution in [0.4, 0.5) is 35.1 Å². The van der Waals surface area contributed by atoms with Gasteiger partial charge < -0.3 is 4.74 Å². The molecule has 9 heteroatoms. The van der Waals surface area contributed by atoms with E-state index in [0.29, 0.717) is 24.3 Å². The number of rotatable bonds is 10. The summed E-state index contributed by atoms with van der Waals surface area (Å²) in [4.78, 5) is 0. The second-order valence-electron chi connectivity index (χ2n) is 10.5. The highest BCUT2D eigenvalue weighted by Crippen LogP contribution is 2.38.